The highest BCUT2D eigenvalue weighted by Crippen LogP contribution is 2.19. The molecule has 0 radical (unpaired) electrons. The van der Waals surface area contributed by atoms with Gasteiger partial charge < -0.3 is 15.6 Å². The summed E-state index contributed by atoms with van der Waals surface area (Å²) in [5.41, 5.74) is 4.54. The SMILES string of the molecule is CCNC(=NCc1cccc([N+](=O)[O-])c1)NCCc1c[nH]c2cc(C)ccc12. The minimum absolute atomic E-state index is 0.0835. The summed E-state index contributed by atoms with van der Waals surface area (Å²) in [6, 6.07) is 13.0. The number of hydrogen-bond acceptors (Lipinski definition) is 3. The second-order valence-corrected chi connectivity index (χ2v) is 6.66. The zero-order valence-corrected chi connectivity index (χ0v) is 16.2. The maximum atomic E-state index is 10.9. The summed E-state index contributed by atoms with van der Waals surface area (Å²) in [4.78, 5) is 18.4. The zero-order valence-electron chi connectivity index (χ0n) is 16.2. The minimum Gasteiger partial charge on any atom is -0.361 e. The Hall–Kier alpha value is -3.35. The highest BCUT2D eigenvalue weighted by molar-refractivity contribution is 5.84. The molecule has 0 aliphatic rings. The van der Waals surface area contributed by atoms with E-state index in [2.05, 4.69) is 51.9 Å². The Morgan fingerprint density at radius 3 is 2.86 bits per heavy atom. The number of aryl methyl sites for hydroxylation is 1. The van der Waals surface area contributed by atoms with Gasteiger partial charge in [-0.05, 0) is 43.0 Å². The maximum absolute atomic E-state index is 10.9. The second-order valence-electron chi connectivity index (χ2n) is 6.66. The summed E-state index contributed by atoms with van der Waals surface area (Å²) in [7, 11) is 0. The molecule has 7 heteroatoms. The quantitative estimate of drug-likeness (QED) is 0.253. The molecule has 7 nitrogen and oxygen atoms in total. The number of non-ortho nitro benzene ring substituents is 1. The molecule has 0 amide bonds. The van der Waals surface area contributed by atoms with Crippen molar-refractivity contribution in [3.05, 3.63) is 75.5 Å². The molecule has 0 bridgehead atoms. The first kappa shape index (κ1) is 19.4. The first-order valence-corrected chi connectivity index (χ1v) is 9.39. The number of fused-ring (bicyclic) bond motifs is 1. The van der Waals surface area contributed by atoms with E-state index < -0.39 is 0 Å². The Labute approximate surface area is 164 Å². The van der Waals surface area contributed by atoms with E-state index in [0.717, 1.165) is 30.6 Å². The van der Waals surface area contributed by atoms with Crippen molar-refractivity contribution in [1.29, 1.82) is 0 Å². The molecule has 1 heterocycles. The van der Waals surface area contributed by atoms with Crippen molar-refractivity contribution in [3.8, 4) is 0 Å². The van der Waals surface area contributed by atoms with Gasteiger partial charge in [-0.25, -0.2) is 4.99 Å². The largest absolute Gasteiger partial charge is 0.361 e. The average Bonchev–Trinajstić information content (AvgIpc) is 3.08. The molecule has 0 aliphatic carbocycles. The van der Waals surface area contributed by atoms with E-state index in [1.54, 1.807) is 12.1 Å². The lowest BCUT2D eigenvalue weighted by atomic mass is 10.1. The Balaban J connectivity index is 1.61. The number of guanidine groups is 1. The maximum Gasteiger partial charge on any atom is 0.269 e. The summed E-state index contributed by atoms with van der Waals surface area (Å²) < 4.78 is 0. The van der Waals surface area contributed by atoms with Crippen molar-refractivity contribution in [2.75, 3.05) is 13.1 Å². The molecule has 2 aromatic carbocycles. The van der Waals surface area contributed by atoms with Crippen LogP contribution in [-0.4, -0.2) is 29.0 Å². The van der Waals surface area contributed by atoms with E-state index in [0.29, 0.717) is 12.5 Å². The summed E-state index contributed by atoms with van der Waals surface area (Å²) in [6.07, 6.45) is 2.92. The number of H-pyrrole nitrogens is 1. The smallest absolute Gasteiger partial charge is 0.269 e. The van der Waals surface area contributed by atoms with Crippen molar-refractivity contribution < 1.29 is 4.92 Å². The van der Waals surface area contributed by atoms with Crippen LogP contribution in [0.25, 0.3) is 10.9 Å². The van der Waals surface area contributed by atoms with Crippen LogP contribution in [0.4, 0.5) is 5.69 Å². The van der Waals surface area contributed by atoms with Crippen LogP contribution in [0.1, 0.15) is 23.6 Å². The third-order valence-electron chi connectivity index (χ3n) is 4.50. The van der Waals surface area contributed by atoms with Gasteiger partial charge in [0.05, 0.1) is 11.5 Å². The van der Waals surface area contributed by atoms with Gasteiger partial charge in [0.2, 0.25) is 0 Å². The number of nitrogens with one attached hydrogen (secondary N) is 3. The molecule has 28 heavy (non-hydrogen) atoms. The van der Waals surface area contributed by atoms with E-state index in [9.17, 15) is 10.1 Å². The highest BCUT2D eigenvalue weighted by atomic mass is 16.6. The molecule has 146 valence electrons. The third-order valence-corrected chi connectivity index (χ3v) is 4.50. The van der Waals surface area contributed by atoms with Crippen LogP contribution in [-0.2, 0) is 13.0 Å². The molecule has 0 atom stereocenters. The fraction of sp³-hybridized carbons (Fsp3) is 0.286. The fourth-order valence-electron chi connectivity index (χ4n) is 3.10. The Kier molecular flexibility index (Phi) is 6.26. The first-order chi connectivity index (χ1) is 13.6. The molecule has 1 aromatic heterocycles. The van der Waals surface area contributed by atoms with Crippen molar-refractivity contribution >= 4 is 22.5 Å². The minimum atomic E-state index is -0.390. The summed E-state index contributed by atoms with van der Waals surface area (Å²) in [5.74, 6) is 0.699. The number of rotatable bonds is 7. The van der Waals surface area contributed by atoms with Gasteiger partial charge in [0.25, 0.3) is 5.69 Å². The summed E-state index contributed by atoms with van der Waals surface area (Å²) >= 11 is 0. The monoisotopic (exact) mass is 379 g/mol. The predicted octanol–water partition coefficient (Wildman–Crippen LogP) is 3.68. The van der Waals surface area contributed by atoms with Crippen LogP contribution in [0.15, 0.2) is 53.7 Å². The van der Waals surface area contributed by atoms with Crippen molar-refractivity contribution in [2.24, 2.45) is 4.99 Å². The van der Waals surface area contributed by atoms with Gasteiger partial charge in [-0.15, -0.1) is 0 Å². The van der Waals surface area contributed by atoms with E-state index in [4.69, 9.17) is 0 Å². The van der Waals surface area contributed by atoms with E-state index in [1.165, 1.54) is 22.6 Å². The number of aromatic nitrogens is 1. The molecule has 3 rings (SSSR count). The van der Waals surface area contributed by atoms with E-state index in [-0.39, 0.29) is 10.6 Å². The van der Waals surface area contributed by atoms with Crippen LogP contribution in [0, 0.1) is 17.0 Å². The summed E-state index contributed by atoms with van der Waals surface area (Å²) in [6.45, 7) is 5.95. The van der Waals surface area contributed by atoms with Crippen LogP contribution in [0.3, 0.4) is 0 Å². The molecular weight excluding hydrogens is 354 g/mol. The second kappa shape index (κ2) is 9.03. The summed E-state index contributed by atoms with van der Waals surface area (Å²) in [5, 5.41) is 18.7. The Morgan fingerprint density at radius 2 is 2.07 bits per heavy atom. The lowest BCUT2D eigenvalue weighted by Crippen LogP contribution is -2.38. The molecule has 0 aliphatic heterocycles. The number of nitro groups is 1. The van der Waals surface area contributed by atoms with Gasteiger partial charge in [-0.1, -0.05) is 24.3 Å². The Bertz CT molecular complexity index is 993. The van der Waals surface area contributed by atoms with Crippen LogP contribution < -0.4 is 10.6 Å². The van der Waals surface area contributed by atoms with Gasteiger partial charge in [-0.2, -0.15) is 0 Å². The van der Waals surface area contributed by atoms with Gasteiger partial charge in [0.1, 0.15) is 0 Å². The number of aliphatic imine (C=N–C) groups is 1. The van der Waals surface area contributed by atoms with Crippen LogP contribution in [0.2, 0.25) is 0 Å². The topological polar surface area (TPSA) is 95.3 Å². The molecule has 0 saturated carbocycles. The normalized spacial score (nSPS) is 11.6. The molecule has 0 saturated heterocycles. The van der Waals surface area contributed by atoms with Crippen LogP contribution >= 0.6 is 0 Å². The van der Waals surface area contributed by atoms with Crippen molar-refractivity contribution in [2.45, 2.75) is 26.8 Å². The van der Waals surface area contributed by atoms with E-state index >= 15 is 0 Å². The zero-order chi connectivity index (χ0) is 19.9. The first-order valence-electron chi connectivity index (χ1n) is 9.39. The van der Waals surface area contributed by atoms with Gasteiger partial charge >= 0.3 is 0 Å². The lowest BCUT2D eigenvalue weighted by molar-refractivity contribution is -0.384. The molecule has 3 aromatic rings. The van der Waals surface area contributed by atoms with Gasteiger partial charge in [-0.3, -0.25) is 10.1 Å². The van der Waals surface area contributed by atoms with Gasteiger partial charge in [0.15, 0.2) is 5.96 Å². The standard InChI is InChI=1S/C21H25N5O2/c1-3-22-21(25-13-16-5-4-6-18(12-16)26(27)28)23-10-9-17-14-24-20-11-15(2)7-8-19(17)20/h4-8,11-12,14,24H,3,9-10,13H2,1-2H3,(H2,22,23,25). The third kappa shape index (κ3) is 4.88. The van der Waals surface area contributed by atoms with Gasteiger partial charge in [0, 0.05) is 42.3 Å². The molecular formula is C21H25N5O2. The lowest BCUT2D eigenvalue weighted by Gasteiger charge is -2.11. The Morgan fingerprint density at radius 1 is 1.21 bits per heavy atom. The number of benzene rings is 2. The van der Waals surface area contributed by atoms with E-state index in [1.807, 2.05) is 13.0 Å². The predicted molar refractivity (Wildman–Crippen MR) is 113 cm³/mol. The number of aromatic amines is 1. The van der Waals surface area contributed by atoms with Crippen molar-refractivity contribution in [1.82, 2.24) is 15.6 Å². The highest BCUT2D eigenvalue weighted by Gasteiger charge is 2.07. The molecule has 0 fully saturated rings. The molecule has 0 unspecified atom stereocenters. The average molecular weight is 379 g/mol. The molecule has 0 spiro atoms. The number of nitro benzene ring substituents is 1. The van der Waals surface area contributed by atoms with Crippen LogP contribution in [0.5, 0.6) is 0 Å². The number of nitrogens with zero attached hydrogens (tertiary/aromatic N) is 2. The molecule has 3 N–H and O–H groups in total. The fourth-order valence-corrected chi connectivity index (χ4v) is 3.10. The number of hydrogen-bond donors (Lipinski definition) is 3. The van der Waals surface area contributed by atoms with Crippen molar-refractivity contribution in [3.63, 3.8) is 0 Å².